The number of nitrogens with zero attached hydrogens (tertiary/aromatic N) is 1. The molecule has 2 aromatic heterocycles. The maximum Gasteiger partial charge on any atom is 0.344 e. The Bertz CT molecular complexity index is 1050. The Morgan fingerprint density at radius 2 is 1.75 bits per heavy atom. The number of benzene rings is 1. The molecule has 1 amide bonds. The molecule has 0 bridgehead atoms. The van der Waals surface area contributed by atoms with E-state index in [1.807, 2.05) is 0 Å². The highest BCUT2D eigenvalue weighted by molar-refractivity contribution is 6.12. The molecule has 0 saturated heterocycles. The quantitative estimate of drug-likeness (QED) is 0.640. The van der Waals surface area contributed by atoms with Crippen molar-refractivity contribution in [3.05, 3.63) is 47.0 Å². The van der Waals surface area contributed by atoms with Crippen molar-refractivity contribution in [3.63, 3.8) is 0 Å². The fraction of sp³-hybridized carbons (Fsp3) is 0.263. The Kier molecular flexibility index (Phi) is 5.44. The van der Waals surface area contributed by atoms with E-state index in [0.717, 1.165) is 0 Å². The normalized spacial score (nSPS) is 10.7. The van der Waals surface area contributed by atoms with Crippen LogP contribution in [0.15, 0.2) is 33.4 Å². The summed E-state index contributed by atoms with van der Waals surface area (Å²) in [5.41, 5.74) is 1.03. The number of anilines is 1. The van der Waals surface area contributed by atoms with Crippen molar-refractivity contribution in [2.45, 2.75) is 20.8 Å². The van der Waals surface area contributed by atoms with E-state index in [-0.39, 0.29) is 41.5 Å². The Morgan fingerprint density at radius 1 is 1.07 bits per heavy atom. The number of hydrogen-bond acceptors (Lipinski definition) is 8. The summed E-state index contributed by atoms with van der Waals surface area (Å²) in [5.74, 6) is -2.16. The van der Waals surface area contributed by atoms with Gasteiger partial charge in [0.15, 0.2) is 12.0 Å². The van der Waals surface area contributed by atoms with E-state index >= 15 is 0 Å². The van der Waals surface area contributed by atoms with Crippen molar-refractivity contribution >= 4 is 34.8 Å². The van der Waals surface area contributed by atoms with E-state index in [2.05, 4.69) is 10.3 Å². The van der Waals surface area contributed by atoms with Crippen molar-refractivity contribution in [2.75, 3.05) is 18.5 Å². The van der Waals surface area contributed by atoms with E-state index in [4.69, 9.17) is 18.3 Å². The van der Waals surface area contributed by atoms with E-state index in [1.54, 1.807) is 19.9 Å². The number of carbonyl (C=O) groups excluding carboxylic acids is 3. The van der Waals surface area contributed by atoms with Gasteiger partial charge in [0.1, 0.15) is 22.4 Å². The minimum Gasteiger partial charge on any atom is -0.462 e. The molecule has 0 unspecified atom stereocenters. The molecule has 1 N–H and O–H groups in total. The summed E-state index contributed by atoms with van der Waals surface area (Å²) in [7, 11) is 0. The highest BCUT2D eigenvalue weighted by Gasteiger charge is 2.31. The molecule has 3 rings (SSSR count). The van der Waals surface area contributed by atoms with Crippen molar-refractivity contribution in [1.29, 1.82) is 0 Å². The molecule has 1 aromatic carbocycles. The van der Waals surface area contributed by atoms with Crippen LogP contribution in [0.4, 0.5) is 5.88 Å². The highest BCUT2D eigenvalue weighted by atomic mass is 16.5. The van der Waals surface area contributed by atoms with Gasteiger partial charge in [-0.1, -0.05) is 0 Å². The van der Waals surface area contributed by atoms with Crippen LogP contribution in [0.3, 0.4) is 0 Å². The minimum atomic E-state index is -0.801. The summed E-state index contributed by atoms with van der Waals surface area (Å²) in [6.45, 7) is 4.96. The van der Waals surface area contributed by atoms with Gasteiger partial charge in [0.25, 0.3) is 5.91 Å². The molecule has 9 heteroatoms. The first-order valence-corrected chi connectivity index (χ1v) is 8.58. The number of carbonyl (C=O) groups is 3. The summed E-state index contributed by atoms with van der Waals surface area (Å²) >= 11 is 0. The maximum atomic E-state index is 12.6. The second kappa shape index (κ2) is 7.95. The molecule has 0 radical (unpaired) electrons. The van der Waals surface area contributed by atoms with E-state index in [1.165, 1.54) is 25.5 Å². The van der Waals surface area contributed by atoms with E-state index in [9.17, 15) is 14.4 Å². The molecule has 0 atom stereocenters. The summed E-state index contributed by atoms with van der Waals surface area (Å²) in [6.07, 6.45) is 1.27. The van der Waals surface area contributed by atoms with Crippen molar-refractivity contribution in [1.82, 2.24) is 4.98 Å². The highest BCUT2D eigenvalue weighted by Crippen LogP contribution is 2.29. The molecule has 0 aliphatic carbocycles. The topological polar surface area (TPSA) is 121 Å². The fourth-order valence-corrected chi connectivity index (χ4v) is 2.65. The number of esters is 2. The molecule has 28 heavy (non-hydrogen) atoms. The van der Waals surface area contributed by atoms with Gasteiger partial charge in [-0.15, -0.1) is 0 Å². The first-order chi connectivity index (χ1) is 13.5. The van der Waals surface area contributed by atoms with Gasteiger partial charge in [-0.2, -0.15) is 0 Å². The molecule has 0 aliphatic heterocycles. The number of ether oxygens (including phenoxy) is 2. The molecular formula is C19H18N2O7. The van der Waals surface area contributed by atoms with Crippen LogP contribution in [-0.4, -0.2) is 36.0 Å². The second-order valence-electron chi connectivity index (χ2n) is 5.67. The summed E-state index contributed by atoms with van der Waals surface area (Å²) in [4.78, 5) is 41.3. The molecule has 146 valence electrons. The lowest BCUT2D eigenvalue weighted by Crippen LogP contribution is -2.17. The molecule has 3 aromatic rings. The van der Waals surface area contributed by atoms with Crippen LogP contribution in [-0.2, 0) is 9.47 Å². The molecule has 9 nitrogen and oxygen atoms in total. The van der Waals surface area contributed by atoms with Crippen LogP contribution in [0.1, 0.15) is 50.7 Å². The van der Waals surface area contributed by atoms with Crippen LogP contribution >= 0.6 is 0 Å². The van der Waals surface area contributed by atoms with Gasteiger partial charge in [0.05, 0.1) is 13.2 Å². The molecule has 0 spiro atoms. The van der Waals surface area contributed by atoms with Gasteiger partial charge in [0, 0.05) is 5.56 Å². The van der Waals surface area contributed by atoms with Gasteiger partial charge < -0.3 is 18.3 Å². The van der Waals surface area contributed by atoms with Gasteiger partial charge >= 0.3 is 11.9 Å². The van der Waals surface area contributed by atoms with Crippen LogP contribution < -0.4 is 5.32 Å². The smallest absolute Gasteiger partial charge is 0.344 e. The Morgan fingerprint density at radius 3 is 2.43 bits per heavy atom. The number of fused-ring (bicyclic) bond motifs is 1. The van der Waals surface area contributed by atoms with Crippen LogP contribution in [0.5, 0.6) is 0 Å². The fourth-order valence-electron chi connectivity index (χ4n) is 2.65. The van der Waals surface area contributed by atoms with E-state index < -0.39 is 17.8 Å². The monoisotopic (exact) mass is 386 g/mol. The predicted octanol–water partition coefficient (Wildman–Crippen LogP) is 3.33. The average Bonchev–Trinajstić information content (AvgIpc) is 3.25. The zero-order valence-electron chi connectivity index (χ0n) is 15.5. The summed E-state index contributed by atoms with van der Waals surface area (Å²) in [5, 5.41) is 2.51. The predicted molar refractivity (Wildman–Crippen MR) is 97.3 cm³/mol. The molecule has 0 aliphatic rings. The number of aryl methyl sites for hydroxylation is 1. The number of oxazole rings is 1. The number of nitrogens with one attached hydrogen (secondary N) is 1. The number of furan rings is 1. The molecule has 0 saturated carbocycles. The molecule has 2 heterocycles. The van der Waals surface area contributed by atoms with Gasteiger partial charge in [-0.3, -0.25) is 10.1 Å². The number of aromatic nitrogens is 1. The van der Waals surface area contributed by atoms with Crippen LogP contribution in [0.25, 0.3) is 11.1 Å². The summed E-state index contributed by atoms with van der Waals surface area (Å²) < 4.78 is 20.6. The van der Waals surface area contributed by atoms with Crippen LogP contribution in [0.2, 0.25) is 0 Å². The van der Waals surface area contributed by atoms with Gasteiger partial charge in [-0.25, -0.2) is 14.6 Å². The van der Waals surface area contributed by atoms with Crippen molar-refractivity contribution in [3.8, 4) is 0 Å². The number of amides is 1. The lowest BCUT2D eigenvalue weighted by molar-refractivity contribution is 0.0480. The Labute approximate surface area is 159 Å². The third-order valence-electron chi connectivity index (χ3n) is 3.86. The zero-order chi connectivity index (χ0) is 20.3. The zero-order valence-corrected chi connectivity index (χ0v) is 15.5. The molecule has 0 fully saturated rings. The second-order valence-corrected chi connectivity index (χ2v) is 5.67. The first-order valence-electron chi connectivity index (χ1n) is 8.58. The van der Waals surface area contributed by atoms with Crippen molar-refractivity contribution in [2.24, 2.45) is 0 Å². The third kappa shape index (κ3) is 3.59. The first kappa shape index (κ1) is 19.2. The lowest BCUT2D eigenvalue weighted by atomic mass is 10.1. The van der Waals surface area contributed by atoms with Gasteiger partial charge in [0.2, 0.25) is 5.88 Å². The minimum absolute atomic E-state index is 0.0810. The van der Waals surface area contributed by atoms with Crippen molar-refractivity contribution < 1.29 is 32.7 Å². The Balaban J connectivity index is 1.97. The Hall–Kier alpha value is -3.62. The maximum absolute atomic E-state index is 12.6. The standard InChI is InChI=1S/C19H18N2O7/c1-4-25-18(23)14-10(3)28-17(15(14)19(24)26-5-2)21-16(22)11-6-7-13-12(8-11)20-9-27-13/h6-9H,4-5H2,1-3H3,(H,21,22). The third-order valence-corrected chi connectivity index (χ3v) is 3.86. The van der Waals surface area contributed by atoms with Gasteiger partial charge in [-0.05, 0) is 39.0 Å². The van der Waals surface area contributed by atoms with Crippen LogP contribution in [0, 0.1) is 6.92 Å². The summed E-state index contributed by atoms with van der Waals surface area (Å²) in [6, 6.07) is 4.66. The van der Waals surface area contributed by atoms with E-state index in [0.29, 0.717) is 11.1 Å². The number of rotatable bonds is 6. The molecular weight excluding hydrogens is 368 g/mol. The largest absolute Gasteiger partial charge is 0.462 e. The SMILES string of the molecule is CCOC(=O)c1c(C)oc(NC(=O)c2ccc3ocnc3c2)c1C(=O)OCC. The lowest BCUT2D eigenvalue weighted by Gasteiger charge is -2.07. The average molecular weight is 386 g/mol. The number of hydrogen-bond donors (Lipinski definition) is 1.